The molecule has 0 aliphatic carbocycles. The summed E-state index contributed by atoms with van der Waals surface area (Å²) in [6, 6.07) is 3.49. The maximum Gasteiger partial charge on any atom is 0.326 e. The number of nitrogens with one attached hydrogen (secondary N) is 2. The highest BCUT2D eigenvalue weighted by Gasteiger charge is 2.22. The van der Waals surface area contributed by atoms with Gasteiger partial charge in [0.2, 0.25) is 5.88 Å². The number of likely N-dealkylation sites (N-methyl/N-ethyl adjacent to an activating group) is 1. The van der Waals surface area contributed by atoms with E-state index in [4.69, 9.17) is 14.6 Å². The summed E-state index contributed by atoms with van der Waals surface area (Å²) < 4.78 is 10.7. The summed E-state index contributed by atoms with van der Waals surface area (Å²) in [5.41, 5.74) is 1.35. The van der Waals surface area contributed by atoms with Crippen LogP contribution in [0.4, 0.5) is 11.4 Å². The summed E-state index contributed by atoms with van der Waals surface area (Å²) in [7, 11) is 4.65. The molecule has 0 saturated heterocycles. The van der Waals surface area contributed by atoms with Gasteiger partial charge in [0.25, 0.3) is 5.91 Å². The Kier molecular flexibility index (Phi) is 10.7. The quantitative estimate of drug-likeness (QED) is 0.219. The zero-order valence-electron chi connectivity index (χ0n) is 19.9. The molecule has 196 valence electrons. The van der Waals surface area contributed by atoms with E-state index in [9.17, 15) is 24.6 Å². The van der Waals surface area contributed by atoms with Gasteiger partial charge < -0.3 is 40.3 Å². The molecule has 0 aliphatic heterocycles. The first-order valence-electron chi connectivity index (χ1n) is 10.7. The minimum Gasteiger partial charge on any atom is -0.481 e. The maximum absolute atomic E-state index is 12.5. The predicted molar refractivity (Wildman–Crippen MR) is 133 cm³/mol. The van der Waals surface area contributed by atoms with E-state index < -0.39 is 30.0 Å². The van der Waals surface area contributed by atoms with Crippen LogP contribution in [0.5, 0.6) is 11.9 Å². The smallest absolute Gasteiger partial charge is 0.326 e. The summed E-state index contributed by atoms with van der Waals surface area (Å²) in [6.45, 7) is 0.397. The standard InChI is InChI=1S/C22H28BrN5O8/c1-28(11-13(29)9-24-16-10-25-22(36-3)27-20(16)35-2)17-6-4-12(8-14(17)23)19(32)26-15(21(33)34)5-7-18(30)31/h4,6,8,10,13,15,24,29H,5,7,9,11H2,1-3H3,(H,26,32)(H,30,31)(H,33,34). The van der Waals surface area contributed by atoms with Crippen LogP contribution in [0.15, 0.2) is 28.9 Å². The second-order valence-corrected chi connectivity index (χ2v) is 8.51. The van der Waals surface area contributed by atoms with E-state index in [-0.39, 0.29) is 43.4 Å². The number of carbonyl (C=O) groups is 3. The number of carboxylic acids is 2. The summed E-state index contributed by atoms with van der Waals surface area (Å²) in [6.07, 6.45) is 0.0547. The summed E-state index contributed by atoms with van der Waals surface area (Å²) >= 11 is 3.40. The molecule has 2 unspecified atom stereocenters. The van der Waals surface area contributed by atoms with Crippen LogP contribution in [0.1, 0.15) is 23.2 Å². The van der Waals surface area contributed by atoms with Crippen LogP contribution in [0.2, 0.25) is 0 Å². The molecule has 13 nitrogen and oxygen atoms in total. The molecule has 0 radical (unpaired) electrons. The highest BCUT2D eigenvalue weighted by atomic mass is 79.9. The number of anilines is 2. The van der Waals surface area contributed by atoms with Crippen molar-refractivity contribution in [3.05, 3.63) is 34.4 Å². The van der Waals surface area contributed by atoms with Crippen LogP contribution in [-0.4, -0.2) is 89.6 Å². The fourth-order valence-corrected chi connectivity index (χ4v) is 3.84. The number of aliphatic hydroxyl groups is 1. The average Bonchev–Trinajstić information content (AvgIpc) is 2.84. The van der Waals surface area contributed by atoms with Crippen LogP contribution >= 0.6 is 15.9 Å². The zero-order chi connectivity index (χ0) is 26.8. The first-order valence-corrected chi connectivity index (χ1v) is 11.5. The third kappa shape index (κ3) is 8.23. The highest BCUT2D eigenvalue weighted by molar-refractivity contribution is 9.10. The molecule has 1 aromatic heterocycles. The Bertz CT molecular complexity index is 1090. The molecule has 0 fully saturated rings. The van der Waals surface area contributed by atoms with Crippen molar-refractivity contribution in [1.29, 1.82) is 0 Å². The van der Waals surface area contributed by atoms with Crippen LogP contribution in [0, 0.1) is 0 Å². The monoisotopic (exact) mass is 569 g/mol. The summed E-state index contributed by atoms with van der Waals surface area (Å²) in [5, 5.41) is 33.8. The molecule has 36 heavy (non-hydrogen) atoms. The molecule has 0 spiro atoms. The molecular formula is C22H28BrN5O8. The first kappa shape index (κ1) is 28.6. The number of carbonyl (C=O) groups excluding carboxylic acids is 1. The third-order valence-electron chi connectivity index (χ3n) is 4.99. The van der Waals surface area contributed by atoms with Gasteiger partial charge in [0.05, 0.1) is 32.2 Å². The number of rotatable bonds is 14. The number of aromatic nitrogens is 2. The molecule has 14 heteroatoms. The van der Waals surface area contributed by atoms with E-state index in [0.717, 1.165) is 0 Å². The largest absolute Gasteiger partial charge is 0.481 e. The van der Waals surface area contributed by atoms with Gasteiger partial charge >= 0.3 is 17.9 Å². The molecular weight excluding hydrogens is 542 g/mol. The van der Waals surface area contributed by atoms with Crippen LogP contribution in [0.25, 0.3) is 0 Å². The van der Waals surface area contributed by atoms with Crippen molar-refractivity contribution >= 4 is 45.2 Å². The van der Waals surface area contributed by atoms with Crippen LogP contribution in [0.3, 0.4) is 0 Å². The van der Waals surface area contributed by atoms with E-state index in [1.54, 1.807) is 18.0 Å². The Morgan fingerprint density at radius 3 is 2.50 bits per heavy atom. The summed E-state index contributed by atoms with van der Waals surface area (Å²) in [5.74, 6) is -2.85. The van der Waals surface area contributed by atoms with Gasteiger partial charge in [0.1, 0.15) is 11.7 Å². The Balaban J connectivity index is 1.98. The van der Waals surface area contributed by atoms with E-state index >= 15 is 0 Å². The molecule has 1 aromatic carbocycles. The van der Waals surface area contributed by atoms with Crippen molar-refractivity contribution in [2.24, 2.45) is 0 Å². The van der Waals surface area contributed by atoms with Gasteiger partial charge in [-0.25, -0.2) is 9.78 Å². The lowest BCUT2D eigenvalue weighted by Crippen LogP contribution is -2.41. The first-order chi connectivity index (χ1) is 17.0. The number of methoxy groups -OCH3 is 2. The number of hydrogen-bond acceptors (Lipinski definition) is 10. The maximum atomic E-state index is 12.5. The predicted octanol–water partition coefficient (Wildman–Crippen LogP) is 1.21. The molecule has 0 aliphatic rings. The van der Waals surface area contributed by atoms with Crippen molar-refractivity contribution in [2.75, 3.05) is 44.6 Å². The number of halogens is 1. The van der Waals surface area contributed by atoms with Crippen LogP contribution in [-0.2, 0) is 9.59 Å². The second kappa shape index (κ2) is 13.4. The Hall–Kier alpha value is -3.65. The van der Waals surface area contributed by atoms with Gasteiger partial charge in [-0.05, 0) is 40.5 Å². The SMILES string of the molecule is COc1ncc(NCC(O)CN(C)c2ccc(C(=O)NC(CCC(=O)O)C(=O)O)cc2Br)c(OC)n1. The molecule has 2 aromatic rings. The minimum absolute atomic E-state index is 0.151. The van der Waals surface area contributed by atoms with Gasteiger partial charge in [0.15, 0.2) is 0 Å². The number of aliphatic hydroxyl groups excluding tert-OH is 1. The van der Waals surface area contributed by atoms with E-state index in [1.165, 1.54) is 32.5 Å². The third-order valence-corrected chi connectivity index (χ3v) is 5.63. The number of amides is 1. The Morgan fingerprint density at radius 1 is 1.19 bits per heavy atom. The Morgan fingerprint density at radius 2 is 1.92 bits per heavy atom. The highest BCUT2D eigenvalue weighted by Crippen LogP contribution is 2.27. The molecule has 2 atom stereocenters. The molecule has 0 bridgehead atoms. The lowest BCUT2D eigenvalue weighted by atomic mass is 10.1. The molecule has 1 amide bonds. The topological polar surface area (TPSA) is 183 Å². The number of ether oxygens (including phenoxy) is 2. The number of carboxylic acid groups (broad SMARTS) is 2. The average molecular weight is 570 g/mol. The number of hydrogen-bond donors (Lipinski definition) is 5. The second-order valence-electron chi connectivity index (χ2n) is 7.66. The van der Waals surface area contributed by atoms with Crippen LogP contribution < -0.4 is 25.0 Å². The minimum atomic E-state index is -1.33. The van der Waals surface area contributed by atoms with E-state index in [2.05, 4.69) is 36.5 Å². The van der Waals surface area contributed by atoms with Gasteiger partial charge in [-0.15, -0.1) is 0 Å². The van der Waals surface area contributed by atoms with Gasteiger partial charge in [-0.1, -0.05) is 0 Å². The number of aliphatic carboxylic acids is 2. The van der Waals surface area contributed by atoms with Crippen molar-refractivity contribution < 1.29 is 39.2 Å². The lowest BCUT2D eigenvalue weighted by Gasteiger charge is -2.24. The normalized spacial score (nSPS) is 12.2. The molecule has 0 saturated carbocycles. The number of nitrogens with zero attached hydrogens (tertiary/aromatic N) is 3. The van der Waals surface area contributed by atoms with Gasteiger partial charge in [-0.3, -0.25) is 9.59 Å². The molecule has 1 heterocycles. The Labute approximate surface area is 215 Å². The summed E-state index contributed by atoms with van der Waals surface area (Å²) in [4.78, 5) is 44.4. The fraction of sp³-hybridized carbons (Fsp3) is 0.409. The fourth-order valence-electron chi connectivity index (χ4n) is 3.16. The van der Waals surface area contributed by atoms with Crippen molar-refractivity contribution in [3.8, 4) is 11.9 Å². The number of benzene rings is 1. The van der Waals surface area contributed by atoms with Crippen molar-refractivity contribution in [1.82, 2.24) is 15.3 Å². The van der Waals surface area contributed by atoms with Crippen molar-refractivity contribution in [3.63, 3.8) is 0 Å². The molecule has 5 N–H and O–H groups in total. The van der Waals surface area contributed by atoms with E-state index in [1.807, 2.05) is 0 Å². The van der Waals surface area contributed by atoms with Crippen molar-refractivity contribution in [2.45, 2.75) is 25.0 Å². The van der Waals surface area contributed by atoms with Gasteiger partial charge in [0, 0.05) is 36.6 Å². The van der Waals surface area contributed by atoms with Gasteiger partial charge in [-0.2, -0.15) is 4.98 Å². The van der Waals surface area contributed by atoms with E-state index in [0.29, 0.717) is 15.8 Å². The zero-order valence-corrected chi connectivity index (χ0v) is 21.5. The lowest BCUT2D eigenvalue weighted by molar-refractivity contribution is -0.140. The molecule has 2 rings (SSSR count).